The summed E-state index contributed by atoms with van der Waals surface area (Å²) in [6, 6.07) is 3.11. The molecule has 1 atom stereocenters. The van der Waals surface area contributed by atoms with Crippen molar-refractivity contribution in [1.82, 2.24) is 4.90 Å². The fourth-order valence-corrected chi connectivity index (χ4v) is 1.82. The number of carboxylic acid groups (broad SMARTS) is 1. The molecule has 1 aromatic carbocycles. The predicted octanol–water partition coefficient (Wildman–Crippen LogP) is 2.69. The lowest BCUT2D eigenvalue weighted by molar-refractivity contribution is -0.142. The normalized spacial score (nSPS) is 12.5. The molecular weight excluding hydrogens is 249 g/mol. The molecule has 19 heavy (non-hydrogen) atoms. The molecule has 0 radical (unpaired) electrons. The van der Waals surface area contributed by atoms with Gasteiger partial charge >= 0.3 is 5.97 Å². The molecule has 0 aliphatic carbocycles. The first-order valence-electron chi connectivity index (χ1n) is 6.28. The van der Waals surface area contributed by atoms with Gasteiger partial charge in [-0.15, -0.1) is 0 Å². The number of benzene rings is 1. The van der Waals surface area contributed by atoms with E-state index in [2.05, 4.69) is 0 Å². The first-order chi connectivity index (χ1) is 8.97. The van der Waals surface area contributed by atoms with Gasteiger partial charge in [0.2, 0.25) is 0 Å². The molecule has 4 nitrogen and oxygen atoms in total. The van der Waals surface area contributed by atoms with Crippen LogP contribution in [0.25, 0.3) is 0 Å². The molecule has 1 rings (SSSR count). The molecule has 0 aliphatic rings. The van der Waals surface area contributed by atoms with E-state index in [0.717, 1.165) is 12.8 Å². The van der Waals surface area contributed by atoms with E-state index in [-0.39, 0.29) is 0 Å². The second kappa shape index (κ2) is 7.09. The van der Waals surface area contributed by atoms with Crippen LogP contribution in [0.4, 0.5) is 4.39 Å². The third-order valence-electron chi connectivity index (χ3n) is 2.78. The molecule has 0 amide bonds. The summed E-state index contributed by atoms with van der Waals surface area (Å²) in [5, 5.41) is 9.27. The summed E-state index contributed by atoms with van der Waals surface area (Å²) in [5.74, 6) is -1.12. The predicted molar refractivity (Wildman–Crippen MR) is 70.9 cm³/mol. The van der Waals surface area contributed by atoms with Crippen LogP contribution >= 0.6 is 0 Å². The van der Waals surface area contributed by atoms with E-state index in [1.165, 1.54) is 18.2 Å². The number of ether oxygens (including phenoxy) is 1. The topological polar surface area (TPSA) is 49.8 Å². The van der Waals surface area contributed by atoms with Crippen molar-refractivity contribution < 1.29 is 19.0 Å². The lowest BCUT2D eigenvalue weighted by Crippen LogP contribution is -2.28. The van der Waals surface area contributed by atoms with E-state index in [1.807, 2.05) is 6.92 Å². The molecule has 1 N–H and O–H groups in total. The van der Waals surface area contributed by atoms with E-state index in [0.29, 0.717) is 17.9 Å². The highest BCUT2D eigenvalue weighted by Crippen LogP contribution is 2.29. The van der Waals surface area contributed by atoms with Crippen molar-refractivity contribution in [3.63, 3.8) is 0 Å². The van der Waals surface area contributed by atoms with E-state index >= 15 is 0 Å². The number of carbonyl (C=O) groups is 1. The summed E-state index contributed by atoms with van der Waals surface area (Å²) in [5.41, 5.74) is 0.468. The van der Waals surface area contributed by atoms with Crippen LogP contribution in [-0.2, 0) is 4.79 Å². The highest BCUT2D eigenvalue weighted by molar-refractivity contribution is 5.76. The Kier molecular flexibility index (Phi) is 5.76. The zero-order valence-corrected chi connectivity index (χ0v) is 11.5. The van der Waals surface area contributed by atoms with Crippen LogP contribution in [0.1, 0.15) is 31.4 Å². The summed E-state index contributed by atoms with van der Waals surface area (Å²) >= 11 is 0. The Morgan fingerprint density at radius 2 is 2.16 bits per heavy atom. The Bertz CT molecular complexity index is 435. The fraction of sp³-hybridized carbons (Fsp3) is 0.500. The van der Waals surface area contributed by atoms with Gasteiger partial charge in [-0.2, -0.15) is 0 Å². The first-order valence-corrected chi connectivity index (χ1v) is 6.28. The molecule has 0 saturated carbocycles. The molecule has 0 bridgehead atoms. The molecule has 106 valence electrons. The number of nitrogens with zero attached hydrogens (tertiary/aromatic N) is 1. The lowest BCUT2D eigenvalue weighted by Gasteiger charge is -2.23. The molecule has 1 aromatic rings. The first kappa shape index (κ1) is 15.4. The smallest absolute Gasteiger partial charge is 0.325 e. The van der Waals surface area contributed by atoms with Crippen molar-refractivity contribution >= 4 is 5.97 Å². The number of carboxylic acids is 1. The highest BCUT2D eigenvalue weighted by Gasteiger charge is 2.25. The van der Waals surface area contributed by atoms with E-state index in [1.54, 1.807) is 19.0 Å². The summed E-state index contributed by atoms with van der Waals surface area (Å²) in [6.45, 7) is 2.47. The van der Waals surface area contributed by atoms with Crippen LogP contribution in [-0.4, -0.2) is 36.7 Å². The largest absolute Gasteiger partial charge is 0.493 e. The van der Waals surface area contributed by atoms with E-state index < -0.39 is 17.8 Å². The molecule has 0 aliphatic heterocycles. The Balaban J connectivity index is 3.06. The Labute approximate surface area is 112 Å². The number of likely N-dealkylation sites (N-methyl/N-ethyl adjacent to an activating group) is 1. The summed E-state index contributed by atoms with van der Waals surface area (Å²) in [6.07, 6.45) is 1.80. The zero-order valence-electron chi connectivity index (χ0n) is 11.5. The SMILES string of the molecule is CCCCOc1cc(F)ccc1C(C(=O)O)N(C)C. The van der Waals surface area contributed by atoms with Crippen molar-refractivity contribution in [2.75, 3.05) is 20.7 Å². The van der Waals surface area contributed by atoms with Crippen LogP contribution in [0.2, 0.25) is 0 Å². The van der Waals surface area contributed by atoms with Gasteiger partial charge in [0.25, 0.3) is 0 Å². The summed E-state index contributed by atoms with van der Waals surface area (Å²) in [7, 11) is 3.33. The van der Waals surface area contributed by atoms with Crippen LogP contribution < -0.4 is 4.74 Å². The van der Waals surface area contributed by atoms with Crippen molar-refractivity contribution in [3.8, 4) is 5.75 Å². The third-order valence-corrected chi connectivity index (χ3v) is 2.78. The third kappa shape index (κ3) is 4.21. The van der Waals surface area contributed by atoms with Crippen LogP contribution in [0.3, 0.4) is 0 Å². The Morgan fingerprint density at radius 1 is 1.47 bits per heavy atom. The van der Waals surface area contributed by atoms with Gasteiger partial charge in [0, 0.05) is 11.6 Å². The lowest BCUT2D eigenvalue weighted by atomic mass is 10.0. The van der Waals surface area contributed by atoms with Crippen LogP contribution in [0.5, 0.6) is 5.75 Å². The Morgan fingerprint density at radius 3 is 2.68 bits per heavy atom. The number of hydrogen-bond donors (Lipinski definition) is 1. The monoisotopic (exact) mass is 269 g/mol. The Hall–Kier alpha value is -1.62. The van der Waals surface area contributed by atoms with Gasteiger partial charge in [0.1, 0.15) is 17.6 Å². The van der Waals surface area contributed by atoms with Gasteiger partial charge in [0.05, 0.1) is 6.61 Å². The number of halogens is 1. The number of aliphatic carboxylic acids is 1. The standard InChI is InChI=1S/C14H20FNO3/c1-4-5-8-19-12-9-10(15)6-7-11(12)13(14(17)18)16(2)3/h6-7,9,13H,4-5,8H2,1-3H3,(H,17,18). The average Bonchev–Trinajstić information content (AvgIpc) is 2.31. The van der Waals surface area contributed by atoms with E-state index in [9.17, 15) is 14.3 Å². The van der Waals surface area contributed by atoms with Crippen molar-refractivity contribution in [3.05, 3.63) is 29.6 Å². The van der Waals surface area contributed by atoms with Crippen LogP contribution in [0, 0.1) is 5.82 Å². The molecule has 0 fully saturated rings. The van der Waals surface area contributed by atoms with Crippen molar-refractivity contribution in [1.29, 1.82) is 0 Å². The van der Waals surface area contributed by atoms with Crippen molar-refractivity contribution in [2.45, 2.75) is 25.8 Å². The summed E-state index contributed by atoms with van der Waals surface area (Å²) in [4.78, 5) is 12.9. The quantitative estimate of drug-likeness (QED) is 0.773. The molecule has 0 heterocycles. The van der Waals surface area contributed by atoms with Gasteiger partial charge < -0.3 is 9.84 Å². The van der Waals surface area contributed by atoms with E-state index in [4.69, 9.17) is 4.74 Å². The maximum atomic E-state index is 13.3. The number of hydrogen-bond acceptors (Lipinski definition) is 3. The molecule has 0 saturated heterocycles. The fourth-order valence-electron chi connectivity index (χ4n) is 1.82. The van der Waals surface area contributed by atoms with Crippen molar-refractivity contribution in [2.24, 2.45) is 0 Å². The molecular formula is C14H20FNO3. The maximum Gasteiger partial charge on any atom is 0.325 e. The minimum Gasteiger partial charge on any atom is -0.493 e. The molecule has 0 aromatic heterocycles. The second-order valence-corrected chi connectivity index (χ2v) is 4.59. The minimum atomic E-state index is -0.989. The second-order valence-electron chi connectivity index (χ2n) is 4.59. The minimum absolute atomic E-state index is 0.301. The highest BCUT2D eigenvalue weighted by atomic mass is 19.1. The molecule has 1 unspecified atom stereocenters. The molecule has 5 heteroatoms. The maximum absolute atomic E-state index is 13.3. The number of unbranched alkanes of at least 4 members (excludes halogenated alkanes) is 1. The van der Waals surface area contributed by atoms with Crippen LogP contribution in [0.15, 0.2) is 18.2 Å². The van der Waals surface area contributed by atoms with Gasteiger partial charge in [-0.1, -0.05) is 19.4 Å². The van der Waals surface area contributed by atoms with Gasteiger partial charge in [-0.3, -0.25) is 9.69 Å². The summed E-state index contributed by atoms with van der Waals surface area (Å²) < 4.78 is 18.8. The van der Waals surface area contributed by atoms with Gasteiger partial charge in [0.15, 0.2) is 0 Å². The molecule has 0 spiro atoms. The zero-order chi connectivity index (χ0) is 14.4. The average molecular weight is 269 g/mol. The number of rotatable bonds is 7. The van der Waals surface area contributed by atoms with Gasteiger partial charge in [-0.25, -0.2) is 4.39 Å². The van der Waals surface area contributed by atoms with Gasteiger partial charge in [-0.05, 0) is 26.6 Å².